The van der Waals surface area contributed by atoms with E-state index in [1.54, 1.807) is 48.5 Å². The van der Waals surface area contributed by atoms with E-state index >= 15 is 0 Å². The Labute approximate surface area is 191 Å². The fraction of sp³-hybridized carbons (Fsp3) is 0. The van der Waals surface area contributed by atoms with Crippen LogP contribution in [0.15, 0.2) is 109 Å². The van der Waals surface area contributed by atoms with Crippen LogP contribution in [-0.4, -0.2) is 25.2 Å². The summed E-state index contributed by atoms with van der Waals surface area (Å²) in [5, 5.41) is 19.4. The average molecular weight is 432 g/mol. The molecule has 0 amide bonds. The lowest BCUT2D eigenvalue weighted by Gasteiger charge is -2.23. The summed E-state index contributed by atoms with van der Waals surface area (Å²) in [7, 11) is 0. The lowest BCUT2D eigenvalue weighted by atomic mass is 10.2. The third-order valence-electron chi connectivity index (χ3n) is 5.10. The lowest BCUT2D eigenvalue weighted by molar-refractivity contribution is 0.475. The summed E-state index contributed by atoms with van der Waals surface area (Å²) in [5.74, 6) is 1.73. The minimum absolute atomic E-state index is 0.169. The number of nitrogens with zero attached hydrogens (tertiary/aromatic N) is 4. The van der Waals surface area contributed by atoms with Crippen LogP contribution in [0, 0.1) is 0 Å². The maximum absolute atomic E-state index is 9.72. The van der Waals surface area contributed by atoms with Gasteiger partial charge in [0.25, 0.3) is 0 Å². The first-order valence-corrected chi connectivity index (χ1v) is 10.4. The van der Waals surface area contributed by atoms with Crippen LogP contribution >= 0.6 is 0 Å². The first-order valence-electron chi connectivity index (χ1n) is 10.4. The van der Waals surface area contributed by atoms with Crippen molar-refractivity contribution in [2.24, 2.45) is 0 Å². The number of anilines is 3. The molecule has 1 heterocycles. The van der Waals surface area contributed by atoms with E-state index in [0.29, 0.717) is 17.6 Å². The highest BCUT2D eigenvalue weighted by molar-refractivity contribution is 5.74. The lowest BCUT2D eigenvalue weighted by Crippen LogP contribution is -2.15. The first-order chi connectivity index (χ1) is 16.2. The summed E-state index contributed by atoms with van der Waals surface area (Å²) < 4.78 is 0. The van der Waals surface area contributed by atoms with Gasteiger partial charge in [-0.3, -0.25) is 4.90 Å². The number of aromatic hydroxyl groups is 2. The van der Waals surface area contributed by atoms with Gasteiger partial charge in [0.05, 0.1) is 0 Å². The number of benzene rings is 4. The number of para-hydroxylation sites is 2. The van der Waals surface area contributed by atoms with Crippen molar-refractivity contribution in [2.45, 2.75) is 0 Å². The van der Waals surface area contributed by atoms with Crippen molar-refractivity contribution >= 4 is 17.3 Å². The summed E-state index contributed by atoms with van der Waals surface area (Å²) in [6.45, 7) is 0. The van der Waals surface area contributed by atoms with Crippen LogP contribution in [-0.2, 0) is 0 Å². The van der Waals surface area contributed by atoms with E-state index < -0.39 is 0 Å². The number of aromatic nitrogens is 3. The van der Waals surface area contributed by atoms with E-state index in [9.17, 15) is 10.2 Å². The molecule has 2 N–H and O–H groups in total. The monoisotopic (exact) mass is 432 g/mol. The molecule has 0 saturated carbocycles. The summed E-state index contributed by atoms with van der Waals surface area (Å²) in [4.78, 5) is 16.3. The Kier molecular flexibility index (Phi) is 5.39. The van der Waals surface area contributed by atoms with Crippen molar-refractivity contribution in [3.8, 4) is 34.3 Å². The van der Waals surface area contributed by atoms with Crippen LogP contribution in [0.5, 0.6) is 11.5 Å². The SMILES string of the molecule is Oc1ccc(-c2nc(-c3ccc(O)cc3)nc(N(c3ccccc3)c3ccccc3)n2)cc1. The summed E-state index contributed by atoms with van der Waals surface area (Å²) in [6, 6.07) is 33.3. The molecule has 0 fully saturated rings. The van der Waals surface area contributed by atoms with Crippen molar-refractivity contribution in [2.75, 3.05) is 4.90 Å². The zero-order chi connectivity index (χ0) is 22.6. The van der Waals surface area contributed by atoms with Crippen LogP contribution < -0.4 is 4.90 Å². The Bertz CT molecular complexity index is 1250. The smallest absolute Gasteiger partial charge is 0.238 e. The van der Waals surface area contributed by atoms with Gasteiger partial charge in [-0.2, -0.15) is 9.97 Å². The number of rotatable bonds is 5. The second kappa shape index (κ2) is 8.80. The fourth-order valence-electron chi connectivity index (χ4n) is 3.48. The van der Waals surface area contributed by atoms with Crippen molar-refractivity contribution in [3.63, 3.8) is 0 Å². The highest BCUT2D eigenvalue weighted by Gasteiger charge is 2.19. The Morgan fingerprint density at radius 3 is 1.24 bits per heavy atom. The molecule has 33 heavy (non-hydrogen) atoms. The zero-order valence-electron chi connectivity index (χ0n) is 17.6. The van der Waals surface area contributed by atoms with Crippen molar-refractivity contribution in [1.29, 1.82) is 0 Å². The molecule has 4 aromatic carbocycles. The molecule has 5 aromatic rings. The third-order valence-corrected chi connectivity index (χ3v) is 5.10. The van der Waals surface area contributed by atoms with Crippen LogP contribution in [0.4, 0.5) is 17.3 Å². The molecule has 0 spiro atoms. The highest BCUT2D eigenvalue weighted by Crippen LogP contribution is 2.34. The van der Waals surface area contributed by atoms with Crippen molar-refractivity contribution < 1.29 is 10.2 Å². The topological polar surface area (TPSA) is 82.4 Å². The van der Waals surface area contributed by atoms with Crippen LogP contribution in [0.2, 0.25) is 0 Å². The van der Waals surface area contributed by atoms with E-state index in [1.165, 1.54) is 0 Å². The van der Waals surface area contributed by atoms with Gasteiger partial charge in [-0.25, -0.2) is 4.98 Å². The summed E-state index contributed by atoms with van der Waals surface area (Å²) in [5.41, 5.74) is 3.31. The second-order valence-electron chi connectivity index (χ2n) is 7.38. The molecule has 0 aliphatic heterocycles. The molecule has 0 saturated heterocycles. The molecule has 0 aliphatic carbocycles. The Morgan fingerprint density at radius 1 is 0.455 bits per heavy atom. The van der Waals surface area contributed by atoms with Gasteiger partial charge in [0.1, 0.15) is 11.5 Å². The average Bonchev–Trinajstić information content (AvgIpc) is 2.86. The molecule has 0 atom stereocenters. The quantitative estimate of drug-likeness (QED) is 0.350. The van der Waals surface area contributed by atoms with E-state index in [2.05, 4.69) is 0 Å². The van der Waals surface area contributed by atoms with E-state index in [-0.39, 0.29) is 11.5 Å². The largest absolute Gasteiger partial charge is 0.508 e. The molecule has 5 rings (SSSR count). The van der Waals surface area contributed by atoms with Crippen molar-refractivity contribution in [3.05, 3.63) is 109 Å². The van der Waals surface area contributed by atoms with Gasteiger partial charge < -0.3 is 10.2 Å². The Hall–Kier alpha value is -4.71. The molecule has 6 nitrogen and oxygen atoms in total. The number of phenols is 2. The van der Waals surface area contributed by atoms with Gasteiger partial charge in [0.15, 0.2) is 11.6 Å². The molecular formula is C27H20N4O2. The number of phenolic OH excluding ortho intramolecular Hbond substituents is 2. The Morgan fingerprint density at radius 2 is 0.848 bits per heavy atom. The molecular weight excluding hydrogens is 412 g/mol. The van der Waals surface area contributed by atoms with Crippen LogP contribution in [0.25, 0.3) is 22.8 Å². The zero-order valence-corrected chi connectivity index (χ0v) is 17.6. The predicted octanol–water partition coefficient (Wildman–Crippen LogP) is 6.09. The van der Waals surface area contributed by atoms with Gasteiger partial charge in [0, 0.05) is 22.5 Å². The fourth-order valence-corrected chi connectivity index (χ4v) is 3.48. The standard InChI is InChI=1S/C27H20N4O2/c32-23-15-11-19(12-16-23)25-28-26(20-13-17-24(33)18-14-20)30-27(29-25)31(21-7-3-1-4-8-21)22-9-5-2-6-10-22/h1-18,32-33H. The number of hydrogen-bond donors (Lipinski definition) is 2. The second-order valence-corrected chi connectivity index (χ2v) is 7.38. The predicted molar refractivity (Wildman–Crippen MR) is 129 cm³/mol. The minimum Gasteiger partial charge on any atom is -0.508 e. The van der Waals surface area contributed by atoms with Crippen molar-refractivity contribution in [1.82, 2.24) is 15.0 Å². The molecule has 6 heteroatoms. The third kappa shape index (κ3) is 4.36. The van der Waals surface area contributed by atoms with E-state index in [1.807, 2.05) is 65.6 Å². The minimum atomic E-state index is 0.169. The maximum Gasteiger partial charge on any atom is 0.238 e. The Balaban J connectivity index is 1.73. The molecule has 0 aliphatic rings. The van der Waals surface area contributed by atoms with Crippen LogP contribution in [0.3, 0.4) is 0 Å². The summed E-state index contributed by atoms with van der Waals surface area (Å²) >= 11 is 0. The summed E-state index contributed by atoms with van der Waals surface area (Å²) in [6.07, 6.45) is 0. The van der Waals surface area contributed by atoms with Gasteiger partial charge in [-0.1, -0.05) is 36.4 Å². The molecule has 0 bridgehead atoms. The van der Waals surface area contributed by atoms with Gasteiger partial charge in [0.2, 0.25) is 5.95 Å². The van der Waals surface area contributed by atoms with Crippen LogP contribution in [0.1, 0.15) is 0 Å². The molecule has 1 aromatic heterocycles. The van der Waals surface area contributed by atoms with Gasteiger partial charge >= 0.3 is 0 Å². The van der Waals surface area contributed by atoms with E-state index in [0.717, 1.165) is 22.5 Å². The number of hydrogen-bond acceptors (Lipinski definition) is 6. The normalized spacial score (nSPS) is 10.7. The van der Waals surface area contributed by atoms with Gasteiger partial charge in [-0.15, -0.1) is 0 Å². The maximum atomic E-state index is 9.72. The molecule has 0 radical (unpaired) electrons. The molecule has 160 valence electrons. The highest BCUT2D eigenvalue weighted by atomic mass is 16.3. The van der Waals surface area contributed by atoms with Gasteiger partial charge in [-0.05, 0) is 72.8 Å². The first kappa shape index (κ1) is 20.2. The van der Waals surface area contributed by atoms with E-state index in [4.69, 9.17) is 15.0 Å². The molecule has 0 unspecified atom stereocenters.